The fraction of sp³-hybridized carbons (Fsp3) is 0.467. The Morgan fingerprint density at radius 2 is 2.19 bits per heavy atom. The summed E-state index contributed by atoms with van der Waals surface area (Å²) in [5.41, 5.74) is 2.34. The van der Waals surface area contributed by atoms with Gasteiger partial charge in [0.15, 0.2) is 5.78 Å². The third-order valence-electron chi connectivity index (χ3n) is 3.37. The molecule has 21 heavy (non-hydrogen) atoms. The van der Waals surface area contributed by atoms with E-state index >= 15 is 0 Å². The number of carbonyl (C=O) groups is 2. The number of ketones is 1. The van der Waals surface area contributed by atoms with Gasteiger partial charge in [0, 0.05) is 12.1 Å². The Balaban J connectivity index is 2.18. The minimum Gasteiger partial charge on any atom is -0.394 e. The van der Waals surface area contributed by atoms with Gasteiger partial charge in [0.1, 0.15) is 12.2 Å². The molecule has 6 nitrogen and oxygen atoms in total. The summed E-state index contributed by atoms with van der Waals surface area (Å²) in [7, 11) is 0. The van der Waals surface area contributed by atoms with Gasteiger partial charge in [-0.15, -0.1) is 0 Å². The van der Waals surface area contributed by atoms with Crippen molar-refractivity contribution in [1.29, 1.82) is 0 Å². The van der Waals surface area contributed by atoms with E-state index in [0.717, 1.165) is 5.56 Å². The average molecular weight is 293 g/mol. The van der Waals surface area contributed by atoms with E-state index in [2.05, 4.69) is 5.32 Å². The van der Waals surface area contributed by atoms with Gasteiger partial charge in [0.2, 0.25) is 5.91 Å². The number of aliphatic hydroxyl groups excluding tert-OH is 2. The molecule has 0 bridgehead atoms. The highest BCUT2D eigenvalue weighted by atomic mass is 16.5. The van der Waals surface area contributed by atoms with Gasteiger partial charge < -0.3 is 20.3 Å². The first-order chi connectivity index (χ1) is 10.0. The highest BCUT2D eigenvalue weighted by Gasteiger charge is 2.22. The summed E-state index contributed by atoms with van der Waals surface area (Å²) < 4.78 is 5.39. The monoisotopic (exact) mass is 293 g/mol. The van der Waals surface area contributed by atoms with Crippen molar-refractivity contribution >= 4 is 17.4 Å². The van der Waals surface area contributed by atoms with Gasteiger partial charge >= 0.3 is 0 Å². The zero-order valence-electron chi connectivity index (χ0n) is 11.8. The lowest BCUT2D eigenvalue weighted by Crippen LogP contribution is -2.24. The fourth-order valence-corrected chi connectivity index (χ4v) is 2.26. The fourth-order valence-electron chi connectivity index (χ4n) is 2.26. The van der Waals surface area contributed by atoms with Gasteiger partial charge in [-0.1, -0.05) is 12.1 Å². The number of anilines is 1. The quantitative estimate of drug-likeness (QED) is 0.712. The Hall–Kier alpha value is -1.76. The van der Waals surface area contributed by atoms with Crippen LogP contribution in [0.3, 0.4) is 0 Å². The lowest BCUT2D eigenvalue weighted by molar-refractivity contribution is -0.131. The first kappa shape index (κ1) is 15.6. The molecule has 1 heterocycles. The number of hydrogen-bond donors (Lipinski definition) is 3. The van der Waals surface area contributed by atoms with Crippen LogP contribution in [0.2, 0.25) is 0 Å². The van der Waals surface area contributed by atoms with Crippen LogP contribution in [0.15, 0.2) is 18.2 Å². The van der Waals surface area contributed by atoms with E-state index in [-0.39, 0.29) is 18.3 Å². The maximum atomic E-state index is 11.7. The molecule has 1 aromatic carbocycles. The number of ether oxygens (including phenoxy) is 1. The molecule has 0 spiro atoms. The molecular formula is C15H19NO5. The van der Waals surface area contributed by atoms with Crippen LogP contribution < -0.4 is 5.32 Å². The summed E-state index contributed by atoms with van der Waals surface area (Å²) in [6, 6.07) is 5.38. The van der Waals surface area contributed by atoms with Gasteiger partial charge in [-0.3, -0.25) is 9.59 Å². The highest BCUT2D eigenvalue weighted by molar-refractivity contribution is 5.94. The van der Waals surface area contributed by atoms with Crippen molar-refractivity contribution in [3.05, 3.63) is 29.3 Å². The molecule has 114 valence electrons. The summed E-state index contributed by atoms with van der Waals surface area (Å²) in [5.74, 6) is -0.252. The number of aryl methyl sites for hydroxylation is 1. The molecule has 0 saturated heterocycles. The molecule has 1 amide bonds. The minimum atomic E-state index is -1.02. The van der Waals surface area contributed by atoms with Crippen molar-refractivity contribution in [3.63, 3.8) is 0 Å². The Morgan fingerprint density at radius 3 is 2.86 bits per heavy atom. The van der Waals surface area contributed by atoms with E-state index in [9.17, 15) is 14.7 Å². The highest BCUT2D eigenvalue weighted by Crippen LogP contribution is 2.28. The zero-order valence-corrected chi connectivity index (χ0v) is 11.8. The van der Waals surface area contributed by atoms with Gasteiger partial charge in [-0.05, 0) is 30.5 Å². The molecule has 1 aliphatic heterocycles. The van der Waals surface area contributed by atoms with Gasteiger partial charge in [0.05, 0.1) is 13.2 Å². The second-order valence-corrected chi connectivity index (χ2v) is 5.13. The largest absolute Gasteiger partial charge is 0.394 e. The number of Topliss-reactive ketones (excluding diaryl/α,β-unsaturated/α-hetero) is 1. The normalized spacial score (nSPS) is 16.8. The van der Waals surface area contributed by atoms with Crippen molar-refractivity contribution < 1.29 is 24.5 Å². The van der Waals surface area contributed by atoms with Gasteiger partial charge in [-0.2, -0.15) is 0 Å². The molecule has 6 heteroatoms. The first-order valence-electron chi connectivity index (χ1n) is 6.85. The molecule has 0 saturated carbocycles. The van der Waals surface area contributed by atoms with Crippen LogP contribution in [0, 0.1) is 0 Å². The van der Waals surface area contributed by atoms with Crippen molar-refractivity contribution in [1.82, 2.24) is 0 Å². The SMILES string of the molecule is CC(=O)[C@@H](OCC(O)CO)c1ccc2c(c1)NC(=O)CC2. The van der Waals surface area contributed by atoms with Crippen LogP contribution in [-0.2, 0) is 20.7 Å². The molecule has 0 radical (unpaired) electrons. The topological polar surface area (TPSA) is 95.9 Å². The number of aliphatic hydroxyl groups is 2. The number of hydrogen-bond acceptors (Lipinski definition) is 5. The predicted molar refractivity (Wildman–Crippen MR) is 75.9 cm³/mol. The van der Waals surface area contributed by atoms with Crippen LogP contribution >= 0.6 is 0 Å². The van der Waals surface area contributed by atoms with Gasteiger partial charge in [-0.25, -0.2) is 0 Å². The number of rotatable bonds is 6. The number of benzene rings is 1. The summed E-state index contributed by atoms with van der Waals surface area (Å²) >= 11 is 0. The van der Waals surface area contributed by atoms with E-state index in [0.29, 0.717) is 24.1 Å². The Bertz CT molecular complexity index is 543. The van der Waals surface area contributed by atoms with Crippen LogP contribution in [0.4, 0.5) is 5.69 Å². The molecule has 0 aromatic heterocycles. The maximum absolute atomic E-state index is 11.7. The number of amides is 1. The van der Waals surface area contributed by atoms with Crippen molar-refractivity contribution in [2.24, 2.45) is 0 Å². The van der Waals surface area contributed by atoms with E-state index in [1.807, 2.05) is 6.07 Å². The Kier molecular flexibility index (Phi) is 5.06. The molecule has 0 fully saturated rings. The van der Waals surface area contributed by atoms with Crippen molar-refractivity contribution in [3.8, 4) is 0 Å². The standard InChI is InChI=1S/C15H19NO5/c1-9(18)15(21-8-12(19)7-17)11-3-2-10-4-5-14(20)16-13(10)6-11/h2-3,6,12,15,17,19H,4-5,7-8H2,1H3,(H,16,20)/t12?,15-/m1/s1. The first-order valence-corrected chi connectivity index (χ1v) is 6.85. The second kappa shape index (κ2) is 6.80. The molecular weight excluding hydrogens is 274 g/mol. The minimum absolute atomic E-state index is 0.0457. The van der Waals surface area contributed by atoms with Crippen molar-refractivity contribution in [2.45, 2.75) is 32.0 Å². The lowest BCUT2D eigenvalue weighted by atomic mass is 9.97. The van der Waals surface area contributed by atoms with Gasteiger partial charge in [0.25, 0.3) is 0 Å². The summed E-state index contributed by atoms with van der Waals surface area (Å²) in [6.07, 6.45) is -0.711. The third-order valence-corrected chi connectivity index (χ3v) is 3.37. The predicted octanol–water partition coefficient (Wildman–Crippen LogP) is 0.571. The van der Waals surface area contributed by atoms with E-state index < -0.39 is 18.8 Å². The molecule has 2 rings (SSSR count). The molecule has 3 N–H and O–H groups in total. The van der Waals surface area contributed by atoms with Crippen LogP contribution in [0.5, 0.6) is 0 Å². The number of nitrogens with one attached hydrogen (secondary N) is 1. The van der Waals surface area contributed by atoms with Crippen LogP contribution in [-0.4, -0.2) is 41.2 Å². The maximum Gasteiger partial charge on any atom is 0.224 e. The number of fused-ring (bicyclic) bond motifs is 1. The van der Waals surface area contributed by atoms with Crippen LogP contribution in [0.25, 0.3) is 0 Å². The Labute approximate surface area is 122 Å². The third kappa shape index (κ3) is 3.87. The zero-order chi connectivity index (χ0) is 15.4. The summed E-state index contributed by atoms with van der Waals surface area (Å²) in [4.78, 5) is 23.1. The number of carbonyl (C=O) groups excluding carboxylic acids is 2. The van der Waals surface area contributed by atoms with Crippen LogP contribution in [0.1, 0.15) is 30.6 Å². The summed E-state index contributed by atoms with van der Waals surface area (Å²) in [5, 5.41) is 20.9. The molecule has 1 unspecified atom stereocenters. The smallest absolute Gasteiger partial charge is 0.224 e. The average Bonchev–Trinajstić information content (AvgIpc) is 2.46. The van der Waals surface area contributed by atoms with Crippen molar-refractivity contribution in [2.75, 3.05) is 18.5 Å². The molecule has 2 atom stereocenters. The Morgan fingerprint density at radius 1 is 1.43 bits per heavy atom. The van der Waals surface area contributed by atoms with E-state index in [1.165, 1.54) is 6.92 Å². The molecule has 1 aromatic rings. The second-order valence-electron chi connectivity index (χ2n) is 5.13. The van der Waals surface area contributed by atoms with E-state index in [1.54, 1.807) is 12.1 Å². The molecule has 1 aliphatic rings. The molecule has 0 aliphatic carbocycles. The summed E-state index contributed by atoms with van der Waals surface area (Å²) in [6.45, 7) is 0.836. The lowest BCUT2D eigenvalue weighted by Gasteiger charge is -2.21. The van der Waals surface area contributed by atoms with E-state index in [4.69, 9.17) is 9.84 Å².